The average Bonchev–Trinajstić information content (AvgIpc) is 2.38. The molecule has 0 aliphatic heterocycles. The Hall–Kier alpha value is -2.04. The Labute approximate surface area is 107 Å². The summed E-state index contributed by atoms with van der Waals surface area (Å²) >= 11 is 0. The summed E-state index contributed by atoms with van der Waals surface area (Å²) in [5, 5.41) is 9.11. The fraction of sp³-hybridized carbons (Fsp3) is 0.214. The van der Waals surface area contributed by atoms with Gasteiger partial charge in [-0.2, -0.15) is 13.2 Å². The van der Waals surface area contributed by atoms with Crippen LogP contribution in [0, 0.1) is 5.92 Å². The highest BCUT2D eigenvalue weighted by molar-refractivity contribution is 5.76. The van der Waals surface area contributed by atoms with E-state index in [1.165, 1.54) is 36.4 Å². The molecule has 1 aromatic carbocycles. The summed E-state index contributed by atoms with van der Waals surface area (Å²) in [6.07, 6.45) is -0.145. The lowest BCUT2D eigenvalue weighted by Crippen LogP contribution is -2.50. The molecule has 2 rings (SSSR count). The van der Waals surface area contributed by atoms with Crippen LogP contribution in [0.1, 0.15) is 5.56 Å². The first-order chi connectivity index (χ1) is 8.89. The molecule has 19 heavy (non-hydrogen) atoms. The lowest BCUT2D eigenvalue weighted by atomic mass is 9.67. The summed E-state index contributed by atoms with van der Waals surface area (Å²) in [5.41, 5.74) is -2.59. The van der Waals surface area contributed by atoms with E-state index in [1.807, 2.05) is 0 Å². The molecule has 5 heteroatoms. The van der Waals surface area contributed by atoms with Crippen molar-refractivity contribution in [1.82, 2.24) is 0 Å². The van der Waals surface area contributed by atoms with E-state index in [-0.39, 0.29) is 5.56 Å². The molecule has 1 aliphatic carbocycles. The van der Waals surface area contributed by atoms with Gasteiger partial charge in [-0.05, 0) is 5.56 Å². The van der Waals surface area contributed by atoms with Gasteiger partial charge in [-0.3, -0.25) is 4.79 Å². The summed E-state index contributed by atoms with van der Waals surface area (Å²) in [6.45, 7) is 0. The molecule has 0 amide bonds. The maximum atomic E-state index is 13.5. The van der Waals surface area contributed by atoms with Gasteiger partial charge in [-0.15, -0.1) is 0 Å². The van der Waals surface area contributed by atoms with Crippen molar-refractivity contribution in [2.45, 2.75) is 11.6 Å². The molecule has 100 valence electrons. The summed E-state index contributed by atoms with van der Waals surface area (Å²) in [4.78, 5) is 11.2. The Balaban J connectivity index is 2.68. The van der Waals surface area contributed by atoms with E-state index >= 15 is 0 Å². The zero-order valence-corrected chi connectivity index (χ0v) is 9.76. The van der Waals surface area contributed by atoms with Gasteiger partial charge in [0.05, 0.1) is 5.92 Å². The summed E-state index contributed by atoms with van der Waals surface area (Å²) in [7, 11) is 0. The monoisotopic (exact) mass is 268 g/mol. The van der Waals surface area contributed by atoms with Crippen LogP contribution in [0.3, 0.4) is 0 Å². The van der Waals surface area contributed by atoms with Crippen LogP contribution in [-0.2, 0) is 10.2 Å². The van der Waals surface area contributed by atoms with Gasteiger partial charge >= 0.3 is 12.1 Å². The fourth-order valence-corrected chi connectivity index (χ4v) is 2.34. The molecule has 0 bridgehead atoms. The number of carboxylic acids is 1. The molecule has 0 radical (unpaired) electrons. The van der Waals surface area contributed by atoms with Gasteiger partial charge < -0.3 is 5.11 Å². The second-order valence-electron chi connectivity index (χ2n) is 4.29. The van der Waals surface area contributed by atoms with Crippen molar-refractivity contribution < 1.29 is 23.1 Å². The van der Waals surface area contributed by atoms with Crippen LogP contribution in [0.2, 0.25) is 0 Å². The second kappa shape index (κ2) is 4.57. The topological polar surface area (TPSA) is 37.3 Å². The maximum Gasteiger partial charge on any atom is 0.402 e. The fourth-order valence-electron chi connectivity index (χ4n) is 2.34. The molecule has 0 saturated carbocycles. The van der Waals surface area contributed by atoms with Gasteiger partial charge in [0.2, 0.25) is 0 Å². The number of carboxylic acid groups (broad SMARTS) is 1. The predicted octanol–water partition coefficient (Wildman–Crippen LogP) is 3.31. The van der Waals surface area contributed by atoms with Crippen LogP contribution < -0.4 is 0 Å². The summed E-state index contributed by atoms with van der Waals surface area (Å²) in [5.74, 6) is -3.17. The van der Waals surface area contributed by atoms with Crippen LogP contribution in [0.15, 0.2) is 54.6 Å². The molecule has 2 unspecified atom stereocenters. The first-order valence-corrected chi connectivity index (χ1v) is 5.60. The normalized spacial score (nSPS) is 26.4. The van der Waals surface area contributed by atoms with Crippen molar-refractivity contribution in [3.63, 3.8) is 0 Å². The number of hydrogen-bond acceptors (Lipinski definition) is 1. The van der Waals surface area contributed by atoms with Gasteiger partial charge in [0.25, 0.3) is 0 Å². The molecule has 2 nitrogen and oxygen atoms in total. The number of rotatable bonds is 2. The van der Waals surface area contributed by atoms with E-state index in [2.05, 4.69) is 0 Å². The van der Waals surface area contributed by atoms with Gasteiger partial charge in [-0.25, -0.2) is 0 Å². The lowest BCUT2D eigenvalue weighted by Gasteiger charge is -2.38. The quantitative estimate of drug-likeness (QED) is 0.893. The molecule has 2 atom stereocenters. The number of alkyl halides is 3. The standard InChI is InChI=1S/C14H11F3O2/c15-14(16,17)13(10-6-2-1-3-7-10)9-5-4-8-11(13)12(18)19/h1-9,11H,(H,18,19). The summed E-state index contributed by atoms with van der Waals surface area (Å²) < 4.78 is 40.6. The van der Waals surface area contributed by atoms with E-state index in [0.717, 1.165) is 12.2 Å². The van der Waals surface area contributed by atoms with Gasteiger partial charge in [0.1, 0.15) is 5.41 Å². The van der Waals surface area contributed by atoms with Crippen LogP contribution >= 0.6 is 0 Å². The Morgan fingerprint density at radius 3 is 2.32 bits per heavy atom. The second-order valence-corrected chi connectivity index (χ2v) is 4.29. The minimum atomic E-state index is -4.70. The van der Waals surface area contributed by atoms with Crippen LogP contribution in [0.5, 0.6) is 0 Å². The molecule has 0 aromatic heterocycles. The average molecular weight is 268 g/mol. The van der Waals surface area contributed by atoms with Crippen molar-refractivity contribution in [3.05, 3.63) is 60.2 Å². The van der Waals surface area contributed by atoms with E-state index in [9.17, 15) is 18.0 Å². The van der Waals surface area contributed by atoms with Gasteiger partial charge in [0, 0.05) is 0 Å². The third-order valence-electron chi connectivity index (χ3n) is 3.25. The molecule has 0 fully saturated rings. The zero-order valence-electron chi connectivity index (χ0n) is 9.76. The first kappa shape index (κ1) is 13.4. The first-order valence-electron chi connectivity index (χ1n) is 5.60. The Morgan fingerprint density at radius 1 is 1.16 bits per heavy atom. The third-order valence-corrected chi connectivity index (χ3v) is 3.25. The van der Waals surface area contributed by atoms with Crippen molar-refractivity contribution in [2.24, 2.45) is 5.92 Å². The van der Waals surface area contributed by atoms with Crippen molar-refractivity contribution in [1.29, 1.82) is 0 Å². The van der Waals surface area contributed by atoms with Crippen molar-refractivity contribution in [3.8, 4) is 0 Å². The Bertz CT molecular complexity index is 531. The minimum absolute atomic E-state index is 0.0736. The van der Waals surface area contributed by atoms with E-state index < -0.39 is 23.5 Å². The molecule has 0 saturated heterocycles. The molecule has 0 spiro atoms. The van der Waals surface area contributed by atoms with E-state index in [0.29, 0.717) is 0 Å². The van der Waals surface area contributed by atoms with Crippen LogP contribution in [0.4, 0.5) is 13.2 Å². The molecule has 1 N–H and O–H groups in total. The van der Waals surface area contributed by atoms with Gasteiger partial charge in [-0.1, -0.05) is 54.6 Å². The maximum absolute atomic E-state index is 13.5. The van der Waals surface area contributed by atoms with Gasteiger partial charge in [0.15, 0.2) is 0 Å². The Kier molecular flexibility index (Phi) is 3.22. The number of benzene rings is 1. The molecular weight excluding hydrogens is 257 g/mol. The van der Waals surface area contributed by atoms with E-state index in [4.69, 9.17) is 5.11 Å². The zero-order chi connectivity index (χ0) is 14.1. The molecule has 0 heterocycles. The number of allylic oxidation sites excluding steroid dienone is 3. The largest absolute Gasteiger partial charge is 0.481 e. The number of carbonyl (C=O) groups is 1. The smallest absolute Gasteiger partial charge is 0.402 e. The Morgan fingerprint density at radius 2 is 1.79 bits per heavy atom. The predicted molar refractivity (Wildman–Crippen MR) is 63.6 cm³/mol. The molecule has 1 aliphatic rings. The van der Waals surface area contributed by atoms with Crippen LogP contribution in [-0.4, -0.2) is 17.3 Å². The minimum Gasteiger partial charge on any atom is -0.481 e. The highest BCUT2D eigenvalue weighted by atomic mass is 19.4. The van der Waals surface area contributed by atoms with Crippen molar-refractivity contribution in [2.75, 3.05) is 0 Å². The highest BCUT2D eigenvalue weighted by Crippen LogP contribution is 2.49. The number of hydrogen-bond donors (Lipinski definition) is 1. The number of aliphatic carboxylic acids is 1. The highest BCUT2D eigenvalue weighted by Gasteiger charge is 2.60. The molecule has 1 aromatic rings. The summed E-state index contributed by atoms with van der Waals surface area (Å²) in [6, 6.07) is 7.12. The molecular formula is C14H11F3O2. The third kappa shape index (κ3) is 2.05. The number of halogens is 3. The SMILES string of the molecule is O=C(O)C1C=CC=CC1(c1ccccc1)C(F)(F)F. The van der Waals surface area contributed by atoms with Crippen LogP contribution in [0.25, 0.3) is 0 Å². The lowest BCUT2D eigenvalue weighted by molar-refractivity contribution is -0.193. The van der Waals surface area contributed by atoms with E-state index in [1.54, 1.807) is 6.07 Å². The van der Waals surface area contributed by atoms with Crippen molar-refractivity contribution >= 4 is 5.97 Å².